The van der Waals surface area contributed by atoms with Crippen LogP contribution in [0, 0.1) is 0 Å². The van der Waals surface area contributed by atoms with Gasteiger partial charge in [-0.2, -0.15) is 13.2 Å². The number of nitrogens with zero attached hydrogens (tertiary/aromatic N) is 1. The molecule has 0 spiro atoms. The van der Waals surface area contributed by atoms with Crippen LogP contribution in [0.1, 0.15) is 15.9 Å². The lowest BCUT2D eigenvalue weighted by molar-refractivity contribution is -0.137. The lowest BCUT2D eigenvalue weighted by Crippen LogP contribution is -2.32. The largest absolute Gasteiger partial charge is 0.417 e. The molecule has 0 fully saturated rings. The molecule has 0 bridgehead atoms. The van der Waals surface area contributed by atoms with Gasteiger partial charge in [0.25, 0.3) is 5.91 Å². The van der Waals surface area contributed by atoms with Crippen LogP contribution in [0.2, 0.25) is 0 Å². The number of amides is 1. The Kier molecular flexibility index (Phi) is 4.65. The highest BCUT2D eigenvalue weighted by Crippen LogP contribution is 2.33. The molecule has 0 aliphatic carbocycles. The van der Waals surface area contributed by atoms with Crippen LogP contribution in [-0.4, -0.2) is 12.5 Å². The summed E-state index contributed by atoms with van der Waals surface area (Å²) in [5, 5.41) is 0. The summed E-state index contributed by atoms with van der Waals surface area (Å²) < 4.78 is 39.2. The first-order valence-corrected chi connectivity index (χ1v) is 6.59. The maximum Gasteiger partial charge on any atom is 0.417 e. The molecule has 1 amide bonds. The van der Waals surface area contributed by atoms with Gasteiger partial charge in [-0.1, -0.05) is 36.4 Å². The molecular weight excluding hydrogens is 291 g/mol. The van der Waals surface area contributed by atoms with Crippen molar-refractivity contribution in [3.05, 3.63) is 78.4 Å². The Labute approximate surface area is 126 Å². The highest BCUT2D eigenvalue weighted by atomic mass is 19.4. The molecule has 0 heterocycles. The van der Waals surface area contributed by atoms with Gasteiger partial charge in [0.1, 0.15) is 0 Å². The van der Waals surface area contributed by atoms with Crippen molar-refractivity contribution in [1.29, 1.82) is 0 Å². The van der Waals surface area contributed by atoms with Crippen LogP contribution in [0.3, 0.4) is 0 Å². The van der Waals surface area contributed by atoms with Crippen LogP contribution < -0.4 is 4.90 Å². The summed E-state index contributed by atoms with van der Waals surface area (Å²) in [6, 6.07) is 13.3. The second-order valence-corrected chi connectivity index (χ2v) is 4.58. The molecular formula is C17H14F3NO. The molecule has 22 heavy (non-hydrogen) atoms. The van der Waals surface area contributed by atoms with E-state index in [-0.39, 0.29) is 12.1 Å². The Morgan fingerprint density at radius 3 is 2.23 bits per heavy atom. The Hall–Kier alpha value is -2.56. The van der Waals surface area contributed by atoms with E-state index in [4.69, 9.17) is 0 Å². The summed E-state index contributed by atoms with van der Waals surface area (Å²) in [5.41, 5.74) is -0.796. The molecule has 0 radical (unpaired) electrons. The van der Waals surface area contributed by atoms with Gasteiger partial charge >= 0.3 is 6.18 Å². The number of carbonyl (C=O) groups is 1. The fraction of sp³-hybridized carbons (Fsp3) is 0.118. The Morgan fingerprint density at radius 2 is 1.64 bits per heavy atom. The van der Waals surface area contributed by atoms with Crippen molar-refractivity contribution in [2.75, 3.05) is 11.4 Å². The van der Waals surface area contributed by atoms with E-state index in [2.05, 4.69) is 6.58 Å². The number of halogens is 3. The zero-order valence-corrected chi connectivity index (χ0v) is 11.7. The zero-order valence-electron chi connectivity index (χ0n) is 11.7. The van der Waals surface area contributed by atoms with Crippen LogP contribution in [0.15, 0.2) is 67.3 Å². The van der Waals surface area contributed by atoms with Gasteiger partial charge < -0.3 is 4.90 Å². The van der Waals surface area contributed by atoms with Gasteiger partial charge in [-0.25, -0.2) is 0 Å². The average Bonchev–Trinajstić information content (AvgIpc) is 2.52. The average molecular weight is 305 g/mol. The minimum absolute atomic E-state index is 0.120. The van der Waals surface area contributed by atoms with E-state index in [0.717, 1.165) is 6.07 Å². The van der Waals surface area contributed by atoms with Crippen molar-refractivity contribution in [3.8, 4) is 0 Å². The standard InChI is InChI=1S/C17H14F3NO/c1-2-12-21(13-8-4-3-5-9-13)16(22)14-10-6-7-11-15(14)17(18,19)20/h2-11H,1,12H2. The molecule has 0 atom stereocenters. The minimum Gasteiger partial charge on any atom is -0.305 e. The van der Waals surface area contributed by atoms with Gasteiger partial charge in [-0.05, 0) is 24.3 Å². The van der Waals surface area contributed by atoms with Crippen molar-refractivity contribution in [2.45, 2.75) is 6.18 Å². The topological polar surface area (TPSA) is 20.3 Å². The fourth-order valence-electron chi connectivity index (χ4n) is 2.10. The lowest BCUT2D eigenvalue weighted by Gasteiger charge is -2.23. The zero-order chi connectivity index (χ0) is 16.2. The van der Waals surface area contributed by atoms with Crippen LogP contribution in [0.4, 0.5) is 18.9 Å². The van der Waals surface area contributed by atoms with Crippen LogP contribution in [0.25, 0.3) is 0 Å². The number of anilines is 1. The van der Waals surface area contributed by atoms with Gasteiger partial charge in [0, 0.05) is 12.2 Å². The van der Waals surface area contributed by atoms with E-state index in [9.17, 15) is 18.0 Å². The molecule has 2 aromatic carbocycles. The van der Waals surface area contributed by atoms with Crippen molar-refractivity contribution in [2.24, 2.45) is 0 Å². The van der Waals surface area contributed by atoms with Crippen molar-refractivity contribution in [3.63, 3.8) is 0 Å². The second-order valence-electron chi connectivity index (χ2n) is 4.58. The monoisotopic (exact) mass is 305 g/mol. The molecule has 114 valence electrons. The van der Waals surface area contributed by atoms with E-state index in [0.29, 0.717) is 5.69 Å². The van der Waals surface area contributed by atoms with Gasteiger partial charge in [-0.3, -0.25) is 4.79 Å². The number of benzene rings is 2. The van der Waals surface area contributed by atoms with E-state index < -0.39 is 17.6 Å². The highest BCUT2D eigenvalue weighted by Gasteiger charge is 2.35. The molecule has 2 aromatic rings. The molecule has 0 aromatic heterocycles. The van der Waals surface area contributed by atoms with Crippen molar-refractivity contribution in [1.82, 2.24) is 0 Å². The first kappa shape index (κ1) is 15.8. The first-order valence-electron chi connectivity index (χ1n) is 6.59. The van der Waals surface area contributed by atoms with Crippen LogP contribution in [-0.2, 0) is 6.18 Å². The number of hydrogen-bond acceptors (Lipinski definition) is 1. The molecule has 0 saturated heterocycles. The number of hydrogen-bond donors (Lipinski definition) is 0. The summed E-state index contributed by atoms with van der Waals surface area (Å²) in [6.45, 7) is 3.68. The summed E-state index contributed by atoms with van der Waals surface area (Å²) >= 11 is 0. The van der Waals surface area contributed by atoms with Crippen LogP contribution in [0.5, 0.6) is 0 Å². The molecule has 2 rings (SSSR count). The van der Waals surface area contributed by atoms with E-state index in [1.807, 2.05) is 0 Å². The quantitative estimate of drug-likeness (QED) is 0.760. The maximum absolute atomic E-state index is 13.1. The van der Waals surface area contributed by atoms with Crippen LogP contribution >= 0.6 is 0 Å². The van der Waals surface area contributed by atoms with Gasteiger partial charge in [-0.15, -0.1) is 6.58 Å². The van der Waals surface area contributed by atoms with Crippen molar-refractivity contribution < 1.29 is 18.0 Å². The summed E-state index contributed by atoms with van der Waals surface area (Å²) in [7, 11) is 0. The summed E-state index contributed by atoms with van der Waals surface area (Å²) in [6.07, 6.45) is -3.11. The second kappa shape index (κ2) is 6.47. The number of para-hydroxylation sites is 1. The maximum atomic E-state index is 13.1. The summed E-state index contributed by atoms with van der Waals surface area (Å²) in [5.74, 6) is -0.709. The Balaban J connectivity index is 2.47. The lowest BCUT2D eigenvalue weighted by atomic mass is 10.1. The number of carbonyl (C=O) groups excluding carboxylic acids is 1. The molecule has 0 N–H and O–H groups in total. The molecule has 0 unspecified atom stereocenters. The third-order valence-electron chi connectivity index (χ3n) is 3.09. The Morgan fingerprint density at radius 1 is 1.05 bits per heavy atom. The predicted octanol–water partition coefficient (Wildman–Crippen LogP) is 4.54. The first-order chi connectivity index (χ1) is 10.4. The molecule has 2 nitrogen and oxygen atoms in total. The van der Waals surface area contributed by atoms with E-state index in [1.165, 1.54) is 29.2 Å². The Bertz CT molecular complexity index is 665. The molecule has 0 aliphatic heterocycles. The molecule has 0 saturated carbocycles. The minimum atomic E-state index is -4.58. The van der Waals surface area contributed by atoms with Crippen molar-refractivity contribution >= 4 is 11.6 Å². The smallest absolute Gasteiger partial charge is 0.305 e. The van der Waals surface area contributed by atoms with E-state index in [1.54, 1.807) is 30.3 Å². The molecule has 0 aliphatic rings. The third-order valence-corrected chi connectivity index (χ3v) is 3.09. The normalized spacial score (nSPS) is 11.0. The van der Waals surface area contributed by atoms with Gasteiger partial charge in [0.15, 0.2) is 0 Å². The highest BCUT2D eigenvalue weighted by molar-refractivity contribution is 6.07. The molecule has 5 heteroatoms. The summed E-state index contributed by atoms with van der Waals surface area (Å²) in [4.78, 5) is 13.8. The van der Waals surface area contributed by atoms with Gasteiger partial charge in [0.05, 0.1) is 11.1 Å². The third kappa shape index (κ3) is 3.36. The number of rotatable bonds is 4. The van der Waals surface area contributed by atoms with E-state index >= 15 is 0 Å². The number of alkyl halides is 3. The van der Waals surface area contributed by atoms with Gasteiger partial charge in [0.2, 0.25) is 0 Å². The fourth-order valence-corrected chi connectivity index (χ4v) is 2.10. The SMILES string of the molecule is C=CCN(C(=O)c1ccccc1C(F)(F)F)c1ccccc1. The predicted molar refractivity (Wildman–Crippen MR) is 79.8 cm³/mol.